The van der Waals surface area contributed by atoms with E-state index >= 15 is 0 Å². The molecule has 0 aliphatic carbocycles. The Balaban J connectivity index is 1.39. The number of carbonyl (C=O) groups excluding carboxylic acids is 1. The highest BCUT2D eigenvalue weighted by atomic mass is 32.2. The van der Waals surface area contributed by atoms with Crippen LogP contribution >= 0.6 is 0 Å². The van der Waals surface area contributed by atoms with E-state index in [1.807, 2.05) is 18.2 Å². The van der Waals surface area contributed by atoms with Gasteiger partial charge < -0.3 is 14.8 Å². The largest absolute Gasteiger partial charge is 0.454 e. The van der Waals surface area contributed by atoms with Gasteiger partial charge in [-0.3, -0.25) is 9.10 Å². The number of anilines is 1. The number of benzene rings is 3. The zero-order valence-corrected chi connectivity index (χ0v) is 18.9. The van der Waals surface area contributed by atoms with Crippen LogP contribution in [-0.2, 0) is 21.2 Å². The number of carbonyl (C=O) groups is 1. The van der Waals surface area contributed by atoms with E-state index in [4.69, 9.17) is 9.47 Å². The summed E-state index contributed by atoms with van der Waals surface area (Å²) in [7, 11) is -3.67. The topological polar surface area (TPSA) is 84.9 Å². The van der Waals surface area contributed by atoms with Crippen molar-refractivity contribution in [3.8, 4) is 11.5 Å². The number of sulfonamides is 1. The van der Waals surface area contributed by atoms with Crippen molar-refractivity contribution in [1.82, 2.24) is 5.32 Å². The highest BCUT2D eigenvalue weighted by molar-refractivity contribution is 7.92. The van der Waals surface area contributed by atoms with E-state index in [-0.39, 0.29) is 25.2 Å². The second-order valence-corrected chi connectivity index (χ2v) is 9.97. The molecule has 3 aromatic rings. The van der Waals surface area contributed by atoms with Gasteiger partial charge in [-0.15, -0.1) is 0 Å². The minimum absolute atomic E-state index is 0.0900. The van der Waals surface area contributed by atoms with E-state index in [0.29, 0.717) is 23.7 Å². The highest BCUT2D eigenvalue weighted by Gasteiger charge is 2.24. The molecule has 0 spiro atoms. The molecule has 0 bridgehead atoms. The fourth-order valence-corrected chi connectivity index (χ4v) is 4.68. The molecule has 1 aliphatic heterocycles. The summed E-state index contributed by atoms with van der Waals surface area (Å²) in [6.07, 6.45) is 1.88. The molecule has 0 radical (unpaired) electrons. The molecule has 7 nitrogen and oxygen atoms in total. The zero-order chi connectivity index (χ0) is 22.7. The van der Waals surface area contributed by atoms with Crippen LogP contribution in [0.4, 0.5) is 5.69 Å². The lowest BCUT2D eigenvalue weighted by Gasteiger charge is -2.22. The van der Waals surface area contributed by atoms with Gasteiger partial charge >= 0.3 is 0 Å². The van der Waals surface area contributed by atoms with E-state index in [9.17, 15) is 13.2 Å². The van der Waals surface area contributed by atoms with Gasteiger partial charge in [0, 0.05) is 12.6 Å². The maximum Gasteiger partial charge on any atom is 0.240 e. The Kier molecular flexibility index (Phi) is 6.23. The van der Waals surface area contributed by atoms with Crippen LogP contribution in [-0.4, -0.2) is 40.5 Å². The summed E-state index contributed by atoms with van der Waals surface area (Å²) in [6, 6.07) is 19.3. The molecule has 3 aromatic carbocycles. The van der Waals surface area contributed by atoms with E-state index in [1.54, 1.807) is 18.2 Å². The maximum atomic E-state index is 12.6. The molecule has 0 saturated carbocycles. The fourth-order valence-electron chi connectivity index (χ4n) is 3.83. The first kappa shape index (κ1) is 22.0. The molecular formula is C24H26N2O5S. The summed E-state index contributed by atoms with van der Waals surface area (Å²) in [5.74, 6) is 0.828. The number of nitrogens with zero attached hydrogens (tertiary/aromatic N) is 1. The first-order chi connectivity index (χ1) is 15.3. The summed E-state index contributed by atoms with van der Waals surface area (Å²) in [4.78, 5) is 12.6. The van der Waals surface area contributed by atoms with E-state index < -0.39 is 10.0 Å². The molecule has 168 valence electrons. The Morgan fingerprint density at radius 2 is 1.81 bits per heavy atom. The normalized spacial score (nSPS) is 13.7. The molecule has 32 heavy (non-hydrogen) atoms. The van der Waals surface area contributed by atoms with Crippen molar-refractivity contribution >= 4 is 32.4 Å². The molecule has 4 rings (SSSR count). The maximum absolute atomic E-state index is 12.6. The first-order valence-corrected chi connectivity index (χ1v) is 12.3. The van der Waals surface area contributed by atoms with Gasteiger partial charge in [0.2, 0.25) is 22.7 Å². The molecule has 1 amide bonds. The zero-order valence-electron chi connectivity index (χ0n) is 18.1. The first-order valence-electron chi connectivity index (χ1n) is 10.4. The second-order valence-electron chi connectivity index (χ2n) is 8.06. The summed E-state index contributed by atoms with van der Waals surface area (Å²) < 4.78 is 36.4. The van der Waals surface area contributed by atoms with E-state index in [2.05, 4.69) is 36.5 Å². The van der Waals surface area contributed by atoms with Gasteiger partial charge in [0.15, 0.2) is 11.5 Å². The van der Waals surface area contributed by atoms with Gasteiger partial charge in [-0.05, 0) is 40.8 Å². The molecule has 8 heteroatoms. The van der Waals surface area contributed by atoms with Crippen molar-refractivity contribution in [3.05, 3.63) is 66.2 Å². The third-order valence-electron chi connectivity index (χ3n) is 5.43. The summed E-state index contributed by atoms with van der Waals surface area (Å²) >= 11 is 0. The average Bonchev–Trinajstić information content (AvgIpc) is 3.23. The Labute approximate surface area is 188 Å². The predicted molar refractivity (Wildman–Crippen MR) is 125 cm³/mol. The lowest BCUT2D eigenvalue weighted by Crippen LogP contribution is -2.41. The average molecular weight is 455 g/mol. The number of hydrogen-bond donors (Lipinski definition) is 1. The summed E-state index contributed by atoms with van der Waals surface area (Å²) in [5.41, 5.74) is 1.58. The van der Waals surface area contributed by atoms with E-state index in [0.717, 1.165) is 17.0 Å². The van der Waals surface area contributed by atoms with Crippen LogP contribution in [0, 0.1) is 5.92 Å². The molecular weight excluding hydrogens is 428 g/mol. The minimum atomic E-state index is -3.67. The Morgan fingerprint density at radius 3 is 2.62 bits per heavy atom. The smallest absolute Gasteiger partial charge is 0.240 e. The number of amides is 1. The molecule has 0 saturated heterocycles. The standard InChI is InChI=1S/C24H26N2O5S/c1-17(12-19-8-5-7-18-6-3-4-9-21(18)19)14-25-24(27)15-26(32(2,28)29)20-10-11-22-23(13-20)31-16-30-22/h3-11,13,17H,12,14-16H2,1-2H3,(H,25,27). The number of ether oxygens (including phenoxy) is 2. The molecule has 1 heterocycles. The van der Waals surface area contributed by atoms with Crippen LogP contribution in [0.25, 0.3) is 10.8 Å². The van der Waals surface area contributed by atoms with E-state index in [1.165, 1.54) is 16.3 Å². The molecule has 1 unspecified atom stereocenters. The Bertz CT molecular complexity index is 1240. The molecule has 0 aromatic heterocycles. The molecule has 0 fully saturated rings. The van der Waals surface area contributed by atoms with Crippen molar-refractivity contribution in [1.29, 1.82) is 0 Å². The highest BCUT2D eigenvalue weighted by Crippen LogP contribution is 2.36. The van der Waals surface area contributed by atoms with Gasteiger partial charge in [0.05, 0.1) is 11.9 Å². The lowest BCUT2D eigenvalue weighted by atomic mass is 9.96. The summed E-state index contributed by atoms with van der Waals surface area (Å²) in [5, 5.41) is 5.27. The van der Waals surface area contributed by atoms with Gasteiger partial charge in [-0.1, -0.05) is 49.4 Å². The van der Waals surface area contributed by atoms with Crippen LogP contribution in [0.15, 0.2) is 60.7 Å². The lowest BCUT2D eigenvalue weighted by molar-refractivity contribution is -0.119. The number of fused-ring (bicyclic) bond motifs is 2. The van der Waals surface area contributed by atoms with Gasteiger partial charge in [0.1, 0.15) is 6.54 Å². The quantitative estimate of drug-likeness (QED) is 0.564. The SMILES string of the molecule is CC(CNC(=O)CN(c1ccc2c(c1)OCO2)S(C)(=O)=O)Cc1cccc2ccccc12. The third-order valence-corrected chi connectivity index (χ3v) is 6.57. The summed E-state index contributed by atoms with van der Waals surface area (Å²) in [6.45, 7) is 2.29. The molecule has 1 N–H and O–H groups in total. The van der Waals surface area contributed by atoms with Crippen LogP contribution < -0.4 is 19.1 Å². The van der Waals surface area contributed by atoms with Gasteiger partial charge in [-0.25, -0.2) is 8.42 Å². The fraction of sp³-hybridized carbons (Fsp3) is 0.292. The van der Waals surface area contributed by atoms with Crippen molar-refractivity contribution in [2.45, 2.75) is 13.3 Å². The molecule has 1 atom stereocenters. The Hall–Kier alpha value is -3.26. The van der Waals surface area contributed by atoms with Gasteiger partial charge in [-0.2, -0.15) is 0 Å². The van der Waals surface area contributed by atoms with Crippen molar-refractivity contribution in [2.75, 3.05) is 30.4 Å². The predicted octanol–water partition coefficient (Wildman–Crippen LogP) is 3.33. The Morgan fingerprint density at radius 1 is 1.06 bits per heavy atom. The van der Waals surface area contributed by atoms with Crippen molar-refractivity contribution in [3.63, 3.8) is 0 Å². The van der Waals surface area contributed by atoms with Crippen LogP contribution in [0.2, 0.25) is 0 Å². The van der Waals surface area contributed by atoms with Crippen LogP contribution in [0.3, 0.4) is 0 Å². The third kappa shape index (κ3) is 4.96. The minimum Gasteiger partial charge on any atom is -0.454 e. The van der Waals surface area contributed by atoms with Crippen LogP contribution in [0.1, 0.15) is 12.5 Å². The number of nitrogens with one attached hydrogen (secondary N) is 1. The van der Waals surface area contributed by atoms with Gasteiger partial charge in [0.25, 0.3) is 0 Å². The number of hydrogen-bond acceptors (Lipinski definition) is 5. The van der Waals surface area contributed by atoms with Crippen LogP contribution in [0.5, 0.6) is 11.5 Å². The second kappa shape index (κ2) is 9.08. The number of rotatable bonds is 8. The van der Waals surface area contributed by atoms with Crippen molar-refractivity contribution < 1.29 is 22.7 Å². The van der Waals surface area contributed by atoms with Crippen molar-refractivity contribution in [2.24, 2.45) is 5.92 Å². The monoisotopic (exact) mass is 454 g/mol. The molecule has 1 aliphatic rings.